The molecule has 10 heteroatoms. The van der Waals surface area contributed by atoms with Crippen molar-refractivity contribution in [2.45, 2.75) is 6.54 Å². The van der Waals surface area contributed by atoms with E-state index in [2.05, 4.69) is 10.6 Å². The molecule has 0 saturated heterocycles. The van der Waals surface area contributed by atoms with E-state index in [4.69, 9.17) is 9.66 Å². The van der Waals surface area contributed by atoms with Gasteiger partial charge in [0.25, 0.3) is 16.0 Å². The normalized spacial score (nSPS) is 11.0. The summed E-state index contributed by atoms with van der Waals surface area (Å²) in [5, 5.41) is 22.7. The van der Waals surface area contributed by atoms with Gasteiger partial charge in [-0.05, 0) is 17.7 Å². The second-order valence-corrected chi connectivity index (χ2v) is 5.89. The Bertz CT molecular complexity index is 657. The Morgan fingerprint density at radius 1 is 1.18 bits per heavy atom. The van der Waals surface area contributed by atoms with Gasteiger partial charge in [-0.15, -0.1) is 0 Å². The third kappa shape index (κ3) is 6.08. The molecule has 0 heterocycles. The molecule has 0 aromatic heterocycles. The number of nitrogens with one attached hydrogen (secondary N) is 2. The average Bonchev–Trinajstić information content (AvgIpc) is 2.44. The molecule has 0 aliphatic heterocycles. The van der Waals surface area contributed by atoms with E-state index in [0.717, 1.165) is 6.07 Å². The summed E-state index contributed by atoms with van der Waals surface area (Å²) < 4.78 is 29.7. The minimum absolute atomic E-state index is 0.0357. The van der Waals surface area contributed by atoms with Crippen LogP contribution in [0.1, 0.15) is 15.9 Å². The van der Waals surface area contributed by atoms with Gasteiger partial charge in [-0.25, -0.2) is 0 Å². The number of hydrogen-bond donors (Lipinski definition) is 5. The van der Waals surface area contributed by atoms with Gasteiger partial charge in [-0.3, -0.25) is 14.1 Å². The van der Waals surface area contributed by atoms with Gasteiger partial charge in [0, 0.05) is 18.7 Å². The maximum atomic E-state index is 12.0. The number of phenols is 1. The number of phenolic OH excluding ortho intramolecular Hbond substituents is 1. The summed E-state index contributed by atoms with van der Waals surface area (Å²) in [6.45, 7) is -1.07. The number of carbonyl (C=O) groups excluding carboxylic acids is 2. The molecule has 0 unspecified atom stereocenters. The van der Waals surface area contributed by atoms with Crippen LogP contribution in [0.25, 0.3) is 0 Å². The van der Waals surface area contributed by atoms with Crippen molar-refractivity contribution in [1.82, 2.24) is 10.6 Å². The fourth-order valence-corrected chi connectivity index (χ4v) is 1.93. The highest BCUT2D eigenvalue weighted by molar-refractivity contribution is 7.85. The van der Waals surface area contributed by atoms with Crippen molar-refractivity contribution in [2.24, 2.45) is 0 Å². The Balaban J connectivity index is 2.80. The maximum Gasteiger partial charge on any atom is 0.266 e. The predicted octanol–water partition coefficient (Wildman–Crippen LogP) is -1.38. The number of aliphatic hydroxyl groups is 1. The number of benzene rings is 1. The van der Waals surface area contributed by atoms with Crippen LogP contribution in [0.4, 0.5) is 0 Å². The highest BCUT2D eigenvalue weighted by atomic mass is 32.2. The summed E-state index contributed by atoms with van der Waals surface area (Å²) in [6, 6.07) is 3.88. The number of amides is 2. The third-order valence-corrected chi connectivity index (χ3v) is 3.32. The van der Waals surface area contributed by atoms with Crippen molar-refractivity contribution in [3.63, 3.8) is 0 Å². The van der Waals surface area contributed by atoms with Crippen LogP contribution in [-0.2, 0) is 21.5 Å². The van der Waals surface area contributed by atoms with Gasteiger partial charge in [-0.2, -0.15) is 8.42 Å². The lowest BCUT2D eigenvalue weighted by Crippen LogP contribution is -2.31. The first-order valence-corrected chi connectivity index (χ1v) is 7.76. The molecule has 0 spiro atoms. The summed E-state index contributed by atoms with van der Waals surface area (Å²) in [7, 11) is -4.19. The van der Waals surface area contributed by atoms with E-state index in [1.54, 1.807) is 0 Å². The van der Waals surface area contributed by atoms with Crippen molar-refractivity contribution < 1.29 is 32.8 Å². The van der Waals surface area contributed by atoms with E-state index in [1.807, 2.05) is 0 Å². The maximum absolute atomic E-state index is 12.0. The van der Waals surface area contributed by atoms with Crippen LogP contribution in [0.15, 0.2) is 18.2 Å². The van der Waals surface area contributed by atoms with Crippen molar-refractivity contribution in [1.29, 1.82) is 0 Å². The summed E-state index contributed by atoms with van der Waals surface area (Å²) in [6.07, 6.45) is 0. The van der Waals surface area contributed by atoms with Gasteiger partial charge < -0.3 is 20.8 Å². The molecule has 0 aliphatic carbocycles. The zero-order valence-electron chi connectivity index (χ0n) is 11.4. The first kappa shape index (κ1) is 17.9. The number of hydrogen-bond acceptors (Lipinski definition) is 6. The van der Waals surface area contributed by atoms with Crippen molar-refractivity contribution in [3.8, 4) is 5.75 Å². The predicted molar refractivity (Wildman–Crippen MR) is 75.8 cm³/mol. The smallest absolute Gasteiger partial charge is 0.266 e. The summed E-state index contributed by atoms with van der Waals surface area (Å²) in [4.78, 5) is 23.0. The zero-order valence-corrected chi connectivity index (χ0v) is 12.3. The quantitative estimate of drug-likeness (QED) is 0.386. The van der Waals surface area contributed by atoms with E-state index >= 15 is 0 Å². The van der Waals surface area contributed by atoms with Crippen LogP contribution in [0.3, 0.4) is 0 Å². The van der Waals surface area contributed by atoms with E-state index in [1.165, 1.54) is 12.1 Å². The Morgan fingerprint density at radius 3 is 2.45 bits per heavy atom. The molecule has 22 heavy (non-hydrogen) atoms. The lowest BCUT2D eigenvalue weighted by atomic mass is 10.1. The van der Waals surface area contributed by atoms with Gasteiger partial charge in [0.2, 0.25) is 5.91 Å². The molecule has 1 aromatic carbocycles. The Kier molecular flexibility index (Phi) is 6.28. The Hall–Kier alpha value is -2.17. The van der Waals surface area contributed by atoms with E-state index < -0.39 is 34.3 Å². The van der Waals surface area contributed by atoms with Crippen LogP contribution in [-0.4, -0.2) is 53.9 Å². The molecule has 1 aromatic rings. The second kappa shape index (κ2) is 7.73. The van der Waals surface area contributed by atoms with E-state index in [9.17, 15) is 23.1 Å². The van der Waals surface area contributed by atoms with Gasteiger partial charge in [0.15, 0.2) is 0 Å². The highest BCUT2D eigenvalue weighted by Gasteiger charge is 2.14. The number of aromatic hydroxyl groups is 1. The molecular formula is C12H16N2O7S. The van der Waals surface area contributed by atoms with Crippen LogP contribution in [0.2, 0.25) is 0 Å². The van der Waals surface area contributed by atoms with Gasteiger partial charge in [0.05, 0.1) is 5.75 Å². The van der Waals surface area contributed by atoms with E-state index in [-0.39, 0.29) is 24.4 Å². The average molecular weight is 332 g/mol. The number of carbonyl (C=O) groups is 2. The molecule has 1 rings (SSSR count). The van der Waals surface area contributed by atoms with Crippen LogP contribution in [0, 0.1) is 0 Å². The SMILES string of the molecule is O=C(CO)NCc1ccc(O)cc1C(=O)NCCS(=O)(=O)O. The topological polar surface area (TPSA) is 153 Å². The molecule has 0 radical (unpaired) electrons. The van der Waals surface area contributed by atoms with Crippen molar-refractivity contribution in [3.05, 3.63) is 29.3 Å². The fourth-order valence-electron chi connectivity index (χ4n) is 1.57. The van der Waals surface area contributed by atoms with Crippen LogP contribution >= 0.6 is 0 Å². The first-order valence-electron chi connectivity index (χ1n) is 6.15. The molecule has 9 nitrogen and oxygen atoms in total. The zero-order chi connectivity index (χ0) is 16.8. The molecule has 5 N–H and O–H groups in total. The molecule has 0 saturated carbocycles. The lowest BCUT2D eigenvalue weighted by Gasteiger charge is -2.11. The van der Waals surface area contributed by atoms with Crippen molar-refractivity contribution >= 4 is 21.9 Å². The second-order valence-electron chi connectivity index (χ2n) is 4.32. The first-order chi connectivity index (χ1) is 10.2. The summed E-state index contributed by atoms with van der Waals surface area (Å²) in [5.74, 6) is -2.13. The number of aliphatic hydroxyl groups excluding tert-OH is 1. The van der Waals surface area contributed by atoms with Crippen LogP contribution in [0.5, 0.6) is 5.75 Å². The minimum atomic E-state index is -4.19. The molecular weight excluding hydrogens is 316 g/mol. The van der Waals surface area contributed by atoms with Crippen LogP contribution < -0.4 is 10.6 Å². The molecule has 0 fully saturated rings. The standard InChI is InChI=1S/C12H16N2O7S/c15-7-11(17)14-6-8-1-2-9(16)5-10(8)12(18)13-3-4-22(19,20)21/h1-2,5,15-16H,3-4,6-7H2,(H,13,18)(H,14,17)(H,19,20,21). The Morgan fingerprint density at radius 2 is 1.86 bits per heavy atom. The van der Waals surface area contributed by atoms with Gasteiger partial charge >= 0.3 is 0 Å². The fraction of sp³-hybridized carbons (Fsp3) is 0.333. The van der Waals surface area contributed by atoms with Crippen molar-refractivity contribution in [2.75, 3.05) is 18.9 Å². The molecule has 2 amide bonds. The molecule has 0 bridgehead atoms. The minimum Gasteiger partial charge on any atom is -0.508 e. The third-order valence-electron chi connectivity index (χ3n) is 2.60. The monoisotopic (exact) mass is 332 g/mol. The van der Waals surface area contributed by atoms with E-state index in [0.29, 0.717) is 5.56 Å². The largest absolute Gasteiger partial charge is 0.508 e. The molecule has 0 atom stereocenters. The van der Waals surface area contributed by atoms with Gasteiger partial charge in [-0.1, -0.05) is 6.07 Å². The summed E-state index contributed by atoms with van der Waals surface area (Å²) >= 11 is 0. The molecule has 0 aliphatic rings. The Labute approximate surface area is 126 Å². The highest BCUT2D eigenvalue weighted by Crippen LogP contribution is 2.16. The van der Waals surface area contributed by atoms with Gasteiger partial charge in [0.1, 0.15) is 12.4 Å². The molecule has 122 valence electrons. The summed E-state index contributed by atoms with van der Waals surface area (Å²) in [5.41, 5.74) is 0.400. The lowest BCUT2D eigenvalue weighted by molar-refractivity contribution is -0.123. The number of rotatable bonds is 7.